The second-order valence-electron chi connectivity index (χ2n) is 4.80. The molecule has 0 radical (unpaired) electrons. The number of nitrogens with one attached hydrogen (secondary N) is 1. The minimum absolute atomic E-state index is 0.00746. The average Bonchev–Trinajstić information content (AvgIpc) is 2.90. The molecule has 0 saturated heterocycles. The van der Waals surface area contributed by atoms with E-state index in [1.807, 2.05) is 13.8 Å². The summed E-state index contributed by atoms with van der Waals surface area (Å²) in [5.41, 5.74) is -0.462. The molecule has 0 atom stereocenters. The molecule has 0 unspecified atom stereocenters. The Labute approximate surface area is 116 Å². The summed E-state index contributed by atoms with van der Waals surface area (Å²) in [6.07, 6.45) is 3.82. The number of nitro groups is 1. The first-order valence-electron chi connectivity index (χ1n) is 6.50. The van der Waals surface area contributed by atoms with E-state index in [-0.39, 0.29) is 30.2 Å². The summed E-state index contributed by atoms with van der Waals surface area (Å²) in [6.45, 7) is 4.22. The molecule has 112 valence electrons. The summed E-state index contributed by atoms with van der Waals surface area (Å²) < 4.78 is 1.21. The number of nitrogens with zero attached hydrogens (tertiary/aromatic N) is 3. The lowest BCUT2D eigenvalue weighted by molar-refractivity contribution is -0.385. The van der Waals surface area contributed by atoms with Crippen LogP contribution in [0, 0.1) is 15.5 Å². The van der Waals surface area contributed by atoms with Gasteiger partial charge in [0.15, 0.2) is 0 Å². The van der Waals surface area contributed by atoms with Crippen LogP contribution < -0.4 is 5.32 Å². The number of amides is 1. The lowest BCUT2D eigenvalue weighted by Crippen LogP contribution is -2.40. The lowest BCUT2D eigenvalue weighted by atomic mass is 9.83. The highest BCUT2D eigenvalue weighted by molar-refractivity contribution is 5.75. The van der Waals surface area contributed by atoms with E-state index in [0.717, 1.165) is 19.0 Å². The van der Waals surface area contributed by atoms with Gasteiger partial charge in [-0.15, -0.1) is 0 Å². The molecule has 1 rings (SSSR count). The Morgan fingerprint density at radius 1 is 1.55 bits per heavy atom. The van der Waals surface area contributed by atoms with Gasteiger partial charge in [-0.1, -0.05) is 13.8 Å². The van der Waals surface area contributed by atoms with Crippen molar-refractivity contribution in [2.24, 2.45) is 5.41 Å². The highest BCUT2D eigenvalue weighted by Gasteiger charge is 2.25. The van der Waals surface area contributed by atoms with Gasteiger partial charge in [-0.05, 0) is 12.8 Å². The Morgan fingerprint density at radius 2 is 2.20 bits per heavy atom. The normalized spacial score (nSPS) is 11.3. The molecule has 1 aromatic rings. The van der Waals surface area contributed by atoms with Crippen molar-refractivity contribution in [1.82, 2.24) is 15.1 Å². The second kappa shape index (κ2) is 6.99. The summed E-state index contributed by atoms with van der Waals surface area (Å²) in [6, 6.07) is 0. The van der Waals surface area contributed by atoms with Gasteiger partial charge in [-0.3, -0.25) is 19.6 Å². The van der Waals surface area contributed by atoms with Crippen molar-refractivity contribution in [3.05, 3.63) is 22.5 Å². The predicted molar refractivity (Wildman–Crippen MR) is 72.0 cm³/mol. The molecule has 20 heavy (non-hydrogen) atoms. The van der Waals surface area contributed by atoms with Gasteiger partial charge >= 0.3 is 5.69 Å². The molecule has 0 aromatic carbocycles. The summed E-state index contributed by atoms with van der Waals surface area (Å²) >= 11 is 0. The molecule has 8 nitrogen and oxygen atoms in total. The highest BCUT2D eigenvalue weighted by atomic mass is 16.6. The van der Waals surface area contributed by atoms with E-state index in [0.29, 0.717) is 6.54 Å². The standard InChI is InChI=1S/C12H20N4O4/c1-3-12(4-2,9-17)8-13-11(18)7-15-6-10(5-14-15)16(19)20/h5-6,17H,3-4,7-9H2,1-2H3,(H,13,18). The number of hydrogen-bond donors (Lipinski definition) is 2. The number of carbonyl (C=O) groups is 1. The van der Waals surface area contributed by atoms with Crippen LogP contribution in [0.25, 0.3) is 0 Å². The monoisotopic (exact) mass is 284 g/mol. The number of aliphatic hydroxyl groups excluding tert-OH is 1. The molecule has 1 amide bonds. The average molecular weight is 284 g/mol. The summed E-state index contributed by atoms with van der Waals surface area (Å²) in [7, 11) is 0. The molecule has 0 aliphatic rings. The maximum Gasteiger partial charge on any atom is 0.307 e. The number of hydrogen-bond acceptors (Lipinski definition) is 5. The fraction of sp³-hybridized carbons (Fsp3) is 0.667. The van der Waals surface area contributed by atoms with Gasteiger partial charge in [0.05, 0.1) is 11.5 Å². The lowest BCUT2D eigenvalue weighted by Gasteiger charge is -2.29. The van der Waals surface area contributed by atoms with Gasteiger partial charge in [0.2, 0.25) is 5.91 Å². The smallest absolute Gasteiger partial charge is 0.307 e. The van der Waals surface area contributed by atoms with Crippen molar-refractivity contribution in [2.75, 3.05) is 13.2 Å². The Kier molecular flexibility index (Phi) is 5.63. The van der Waals surface area contributed by atoms with Crippen LogP contribution in [0.1, 0.15) is 26.7 Å². The number of rotatable bonds is 8. The van der Waals surface area contributed by atoms with E-state index >= 15 is 0 Å². The van der Waals surface area contributed by atoms with Gasteiger partial charge in [0.25, 0.3) is 0 Å². The van der Waals surface area contributed by atoms with Crippen molar-refractivity contribution >= 4 is 11.6 Å². The predicted octanol–water partition coefficient (Wildman–Crippen LogP) is 0.706. The third kappa shape index (κ3) is 4.02. The minimum atomic E-state index is -0.563. The zero-order chi connectivity index (χ0) is 15.2. The maximum absolute atomic E-state index is 11.8. The molecule has 8 heteroatoms. The van der Waals surface area contributed by atoms with E-state index in [4.69, 9.17) is 0 Å². The van der Waals surface area contributed by atoms with E-state index in [1.165, 1.54) is 10.9 Å². The Hall–Kier alpha value is -1.96. The van der Waals surface area contributed by atoms with Crippen molar-refractivity contribution in [3.63, 3.8) is 0 Å². The molecule has 0 aliphatic heterocycles. The number of aromatic nitrogens is 2. The largest absolute Gasteiger partial charge is 0.396 e. The minimum Gasteiger partial charge on any atom is -0.396 e. The molecular formula is C12H20N4O4. The van der Waals surface area contributed by atoms with Gasteiger partial charge < -0.3 is 10.4 Å². The van der Waals surface area contributed by atoms with E-state index < -0.39 is 4.92 Å². The third-order valence-corrected chi connectivity index (χ3v) is 3.63. The van der Waals surface area contributed by atoms with E-state index in [9.17, 15) is 20.0 Å². The molecule has 0 saturated carbocycles. The summed E-state index contributed by atoms with van der Waals surface area (Å²) in [4.78, 5) is 21.7. The van der Waals surface area contributed by atoms with Gasteiger partial charge in [0.1, 0.15) is 18.9 Å². The van der Waals surface area contributed by atoms with Crippen LogP contribution in [0.4, 0.5) is 5.69 Å². The van der Waals surface area contributed by atoms with Gasteiger partial charge in [0, 0.05) is 12.0 Å². The maximum atomic E-state index is 11.8. The van der Waals surface area contributed by atoms with Crippen LogP contribution in [0.3, 0.4) is 0 Å². The zero-order valence-electron chi connectivity index (χ0n) is 11.7. The third-order valence-electron chi connectivity index (χ3n) is 3.63. The molecule has 0 spiro atoms. The Balaban J connectivity index is 2.53. The first kappa shape index (κ1) is 16.1. The van der Waals surface area contributed by atoms with E-state index in [1.54, 1.807) is 0 Å². The van der Waals surface area contributed by atoms with Crippen molar-refractivity contribution in [1.29, 1.82) is 0 Å². The molecule has 2 N–H and O–H groups in total. The quantitative estimate of drug-likeness (QED) is 0.539. The van der Waals surface area contributed by atoms with Crippen molar-refractivity contribution in [2.45, 2.75) is 33.2 Å². The Bertz CT molecular complexity index is 460. The Morgan fingerprint density at radius 3 is 2.65 bits per heavy atom. The first-order chi connectivity index (χ1) is 9.46. The number of carbonyl (C=O) groups excluding carboxylic acids is 1. The molecule has 1 aromatic heterocycles. The van der Waals surface area contributed by atoms with Crippen LogP contribution in [0.15, 0.2) is 12.4 Å². The first-order valence-corrected chi connectivity index (χ1v) is 6.50. The fourth-order valence-electron chi connectivity index (χ4n) is 1.80. The van der Waals surface area contributed by atoms with Crippen LogP contribution >= 0.6 is 0 Å². The SMILES string of the molecule is CCC(CC)(CO)CNC(=O)Cn1cc([N+](=O)[O-])cn1. The van der Waals surface area contributed by atoms with Crippen LogP contribution in [-0.2, 0) is 11.3 Å². The highest BCUT2D eigenvalue weighted by Crippen LogP contribution is 2.24. The zero-order valence-corrected chi connectivity index (χ0v) is 11.7. The van der Waals surface area contributed by atoms with Gasteiger partial charge in [-0.25, -0.2) is 0 Å². The molecule has 0 aliphatic carbocycles. The fourth-order valence-corrected chi connectivity index (χ4v) is 1.80. The van der Waals surface area contributed by atoms with Crippen LogP contribution in [-0.4, -0.2) is 38.9 Å². The summed E-state index contributed by atoms with van der Waals surface area (Å²) in [5, 5.41) is 26.4. The summed E-state index contributed by atoms with van der Waals surface area (Å²) in [5.74, 6) is -0.289. The molecular weight excluding hydrogens is 264 g/mol. The topological polar surface area (TPSA) is 110 Å². The second-order valence-corrected chi connectivity index (χ2v) is 4.80. The number of aliphatic hydroxyl groups is 1. The van der Waals surface area contributed by atoms with Crippen LogP contribution in [0.5, 0.6) is 0 Å². The van der Waals surface area contributed by atoms with E-state index in [2.05, 4.69) is 10.4 Å². The van der Waals surface area contributed by atoms with Gasteiger partial charge in [-0.2, -0.15) is 5.10 Å². The van der Waals surface area contributed by atoms with Crippen LogP contribution in [0.2, 0.25) is 0 Å². The molecule has 1 heterocycles. The van der Waals surface area contributed by atoms with Crippen molar-refractivity contribution in [3.8, 4) is 0 Å². The molecule has 0 bridgehead atoms. The van der Waals surface area contributed by atoms with Crippen molar-refractivity contribution < 1.29 is 14.8 Å². The molecule has 0 fully saturated rings.